The van der Waals surface area contributed by atoms with Crippen molar-refractivity contribution in [3.8, 4) is 0 Å². The standard InChI is InChI=1S/C11H21N3O/c1-11(2,15-5)10(12-3)6-9-7-13-14(4)8-9/h7-8,10,12H,6H2,1-5H3. The first-order valence-electron chi connectivity index (χ1n) is 5.19. The minimum atomic E-state index is -0.176. The number of aromatic nitrogens is 2. The Balaban J connectivity index is 2.69. The fourth-order valence-corrected chi connectivity index (χ4v) is 1.65. The van der Waals surface area contributed by atoms with Gasteiger partial charge in [0.1, 0.15) is 0 Å². The van der Waals surface area contributed by atoms with E-state index >= 15 is 0 Å². The van der Waals surface area contributed by atoms with Crippen molar-refractivity contribution in [1.29, 1.82) is 0 Å². The van der Waals surface area contributed by atoms with E-state index in [1.54, 1.807) is 7.11 Å². The van der Waals surface area contributed by atoms with E-state index in [2.05, 4.69) is 24.3 Å². The quantitative estimate of drug-likeness (QED) is 0.789. The lowest BCUT2D eigenvalue weighted by Crippen LogP contribution is -2.47. The van der Waals surface area contributed by atoms with Crippen molar-refractivity contribution in [2.45, 2.75) is 31.9 Å². The molecule has 0 aromatic carbocycles. The highest BCUT2D eigenvalue weighted by atomic mass is 16.5. The van der Waals surface area contributed by atoms with Crippen molar-refractivity contribution in [3.05, 3.63) is 18.0 Å². The van der Waals surface area contributed by atoms with Crippen LogP contribution in [-0.4, -0.2) is 35.6 Å². The van der Waals surface area contributed by atoms with Gasteiger partial charge in [-0.2, -0.15) is 5.10 Å². The molecule has 1 N–H and O–H groups in total. The van der Waals surface area contributed by atoms with Crippen molar-refractivity contribution < 1.29 is 4.74 Å². The minimum absolute atomic E-state index is 0.176. The molecule has 0 spiro atoms. The smallest absolute Gasteiger partial charge is 0.0778 e. The van der Waals surface area contributed by atoms with Gasteiger partial charge in [0.25, 0.3) is 0 Å². The molecule has 1 atom stereocenters. The molecule has 1 aromatic rings. The van der Waals surface area contributed by atoms with E-state index in [0.29, 0.717) is 0 Å². The number of hydrogen-bond donors (Lipinski definition) is 1. The van der Waals surface area contributed by atoms with E-state index < -0.39 is 0 Å². The van der Waals surface area contributed by atoms with Gasteiger partial charge in [0.05, 0.1) is 11.8 Å². The largest absolute Gasteiger partial charge is 0.377 e. The van der Waals surface area contributed by atoms with Gasteiger partial charge < -0.3 is 10.1 Å². The third kappa shape index (κ3) is 3.04. The van der Waals surface area contributed by atoms with E-state index in [1.165, 1.54) is 5.56 Å². The number of ether oxygens (including phenoxy) is 1. The molecule has 0 aliphatic carbocycles. The van der Waals surface area contributed by atoms with Crippen LogP contribution in [0.5, 0.6) is 0 Å². The second-order valence-corrected chi connectivity index (χ2v) is 4.38. The van der Waals surface area contributed by atoms with Crippen LogP contribution in [0.1, 0.15) is 19.4 Å². The topological polar surface area (TPSA) is 39.1 Å². The predicted octanol–water partition coefficient (Wildman–Crippen LogP) is 0.976. The van der Waals surface area contributed by atoms with E-state index in [0.717, 1.165) is 6.42 Å². The van der Waals surface area contributed by atoms with Crippen molar-refractivity contribution in [3.63, 3.8) is 0 Å². The lowest BCUT2D eigenvalue weighted by Gasteiger charge is -2.32. The minimum Gasteiger partial charge on any atom is -0.377 e. The molecule has 0 amide bonds. The summed E-state index contributed by atoms with van der Waals surface area (Å²) in [5, 5.41) is 7.45. The number of methoxy groups -OCH3 is 1. The molecular formula is C11H21N3O. The van der Waals surface area contributed by atoms with E-state index in [-0.39, 0.29) is 11.6 Å². The highest BCUT2D eigenvalue weighted by Crippen LogP contribution is 2.17. The normalized spacial score (nSPS) is 14.2. The van der Waals surface area contributed by atoms with E-state index in [9.17, 15) is 0 Å². The van der Waals surface area contributed by atoms with Gasteiger partial charge in [-0.25, -0.2) is 0 Å². The number of hydrogen-bond acceptors (Lipinski definition) is 3. The Hall–Kier alpha value is -0.870. The zero-order chi connectivity index (χ0) is 11.5. The first-order chi connectivity index (χ1) is 6.99. The summed E-state index contributed by atoms with van der Waals surface area (Å²) in [6.07, 6.45) is 4.86. The van der Waals surface area contributed by atoms with Gasteiger partial charge in [0.2, 0.25) is 0 Å². The van der Waals surface area contributed by atoms with Crippen molar-refractivity contribution in [2.24, 2.45) is 7.05 Å². The fourth-order valence-electron chi connectivity index (χ4n) is 1.65. The summed E-state index contributed by atoms with van der Waals surface area (Å²) in [5.41, 5.74) is 1.05. The molecule has 4 nitrogen and oxygen atoms in total. The van der Waals surface area contributed by atoms with Crippen LogP contribution in [0.4, 0.5) is 0 Å². The molecule has 0 radical (unpaired) electrons. The first kappa shape index (κ1) is 12.2. The summed E-state index contributed by atoms with van der Waals surface area (Å²) < 4.78 is 7.30. The molecule has 0 aliphatic heterocycles. The van der Waals surface area contributed by atoms with Gasteiger partial charge >= 0.3 is 0 Å². The molecule has 0 fully saturated rings. The maximum atomic E-state index is 5.48. The van der Waals surface area contributed by atoms with E-state index in [1.807, 2.05) is 31.2 Å². The van der Waals surface area contributed by atoms with Crippen LogP contribution in [-0.2, 0) is 18.2 Å². The third-order valence-corrected chi connectivity index (χ3v) is 2.91. The molecule has 1 aromatic heterocycles. The lowest BCUT2D eigenvalue weighted by molar-refractivity contribution is -0.00797. The molecule has 0 bridgehead atoms. The maximum Gasteiger partial charge on any atom is 0.0778 e. The van der Waals surface area contributed by atoms with Crippen LogP contribution in [0.3, 0.4) is 0 Å². The maximum absolute atomic E-state index is 5.48. The highest BCUT2D eigenvalue weighted by Gasteiger charge is 2.28. The average Bonchev–Trinajstić information content (AvgIpc) is 2.60. The molecule has 1 heterocycles. The van der Waals surface area contributed by atoms with Crippen molar-refractivity contribution >= 4 is 0 Å². The molecule has 86 valence electrons. The monoisotopic (exact) mass is 211 g/mol. The SMILES string of the molecule is CNC(Cc1cnn(C)c1)C(C)(C)OC. The number of aryl methyl sites for hydroxylation is 1. The van der Waals surface area contributed by atoms with Gasteiger partial charge in [0, 0.05) is 26.4 Å². The van der Waals surface area contributed by atoms with Gasteiger partial charge in [-0.15, -0.1) is 0 Å². The summed E-state index contributed by atoms with van der Waals surface area (Å²) in [7, 11) is 5.63. The number of nitrogens with zero attached hydrogens (tertiary/aromatic N) is 2. The van der Waals surface area contributed by atoms with Crippen LogP contribution in [0, 0.1) is 0 Å². The summed E-state index contributed by atoms with van der Waals surface area (Å²) in [6, 6.07) is 0.284. The molecule has 4 heteroatoms. The van der Waals surface area contributed by atoms with Crippen LogP contribution in [0.25, 0.3) is 0 Å². The van der Waals surface area contributed by atoms with Crippen LogP contribution < -0.4 is 5.32 Å². The Morgan fingerprint density at radius 2 is 2.27 bits per heavy atom. The van der Waals surface area contributed by atoms with Gasteiger partial charge in [-0.1, -0.05) is 0 Å². The molecule has 0 saturated heterocycles. The lowest BCUT2D eigenvalue weighted by atomic mass is 9.93. The Kier molecular flexibility index (Phi) is 3.88. The molecular weight excluding hydrogens is 190 g/mol. The van der Waals surface area contributed by atoms with E-state index in [4.69, 9.17) is 4.74 Å². The second kappa shape index (κ2) is 4.77. The van der Waals surface area contributed by atoms with Gasteiger partial charge in [0.15, 0.2) is 0 Å². The zero-order valence-corrected chi connectivity index (χ0v) is 10.2. The Labute approximate surface area is 91.6 Å². The zero-order valence-electron chi connectivity index (χ0n) is 10.2. The van der Waals surface area contributed by atoms with Crippen molar-refractivity contribution in [1.82, 2.24) is 15.1 Å². The Morgan fingerprint density at radius 3 is 2.67 bits per heavy atom. The highest BCUT2D eigenvalue weighted by molar-refractivity contribution is 5.08. The van der Waals surface area contributed by atoms with Gasteiger partial charge in [-0.3, -0.25) is 4.68 Å². The predicted molar refractivity (Wildman–Crippen MR) is 60.8 cm³/mol. The first-order valence-corrected chi connectivity index (χ1v) is 5.19. The van der Waals surface area contributed by atoms with Crippen molar-refractivity contribution in [2.75, 3.05) is 14.2 Å². The fraction of sp³-hybridized carbons (Fsp3) is 0.727. The molecule has 1 rings (SSSR count). The summed E-state index contributed by atoms with van der Waals surface area (Å²) in [4.78, 5) is 0. The Bertz CT molecular complexity index is 307. The van der Waals surface area contributed by atoms with Crippen LogP contribution >= 0.6 is 0 Å². The summed E-state index contributed by atoms with van der Waals surface area (Å²) >= 11 is 0. The molecule has 0 saturated carbocycles. The number of rotatable bonds is 5. The average molecular weight is 211 g/mol. The van der Waals surface area contributed by atoms with Crippen LogP contribution in [0.2, 0.25) is 0 Å². The molecule has 1 unspecified atom stereocenters. The van der Waals surface area contributed by atoms with Crippen LogP contribution in [0.15, 0.2) is 12.4 Å². The third-order valence-electron chi connectivity index (χ3n) is 2.91. The molecule has 15 heavy (non-hydrogen) atoms. The summed E-state index contributed by atoms with van der Waals surface area (Å²) in [5.74, 6) is 0. The molecule has 0 aliphatic rings. The van der Waals surface area contributed by atoms with Gasteiger partial charge in [-0.05, 0) is 32.9 Å². The summed E-state index contributed by atoms with van der Waals surface area (Å²) in [6.45, 7) is 4.18. The Morgan fingerprint density at radius 1 is 1.60 bits per heavy atom. The second-order valence-electron chi connectivity index (χ2n) is 4.38. The number of likely N-dealkylation sites (N-methyl/N-ethyl adjacent to an activating group) is 1. The number of nitrogens with one attached hydrogen (secondary N) is 1.